The molecule has 1 N–H and O–H groups in total. The van der Waals surface area contributed by atoms with Crippen LogP contribution in [0.3, 0.4) is 0 Å². The molecule has 0 aliphatic heterocycles. The van der Waals surface area contributed by atoms with Gasteiger partial charge in [0, 0.05) is 27.5 Å². The highest BCUT2D eigenvalue weighted by atomic mass is 79.9. The van der Waals surface area contributed by atoms with Crippen LogP contribution in [0.25, 0.3) is 0 Å². The number of benzene rings is 1. The van der Waals surface area contributed by atoms with Gasteiger partial charge in [0.25, 0.3) is 0 Å². The fraction of sp³-hybridized carbons (Fsp3) is 0.308. The van der Waals surface area contributed by atoms with Gasteiger partial charge in [0.05, 0.1) is 11.2 Å². The van der Waals surface area contributed by atoms with Crippen LogP contribution in [0, 0.1) is 12.7 Å². The Morgan fingerprint density at radius 1 is 1.50 bits per heavy atom. The van der Waals surface area contributed by atoms with E-state index in [2.05, 4.69) is 26.2 Å². The molecule has 5 heteroatoms. The van der Waals surface area contributed by atoms with E-state index in [0.717, 1.165) is 10.2 Å². The molecule has 1 aromatic heterocycles. The average molecular weight is 329 g/mol. The molecule has 0 spiro atoms. The van der Waals surface area contributed by atoms with Crippen LogP contribution in [0.15, 0.2) is 28.2 Å². The molecule has 0 bridgehead atoms. The molecule has 1 atom stereocenters. The first-order chi connectivity index (χ1) is 8.58. The molecule has 18 heavy (non-hydrogen) atoms. The van der Waals surface area contributed by atoms with E-state index in [4.69, 9.17) is 0 Å². The van der Waals surface area contributed by atoms with Crippen molar-refractivity contribution in [3.05, 3.63) is 50.1 Å². The van der Waals surface area contributed by atoms with E-state index in [1.54, 1.807) is 17.4 Å². The number of hydrogen-bond donors (Lipinski definition) is 1. The van der Waals surface area contributed by atoms with E-state index < -0.39 is 0 Å². The summed E-state index contributed by atoms with van der Waals surface area (Å²) >= 11 is 4.98. The fourth-order valence-corrected chi connectivity index (χ4v) is 2.80. The standard InChI is InChI=1S/C13H14BrFN2S/c1-8(11-5-10(14)3-4-12(11)15)16-6-13-9(2)17-7-18-13/h3-5,7-8,16H,6H2,1-2H3. The molecule has 2 nitrogen and oxygen atoms in total. The molecule has 0 fully saturated rings. The first kappa shape index (κ1) is 13.6. The predicted molar refractivity (Wildman–Crippen MR) is 76.2 cm³/mol. The van der Waals surface area contributed by atoms with Gasteiger partial charge >= 0.3 is 0 Å². The lowest BCUT2D eigenvalue weighted by atomic mass is 10.1. The summed E-state index contributed by atoms with van der Waals surface area (Å²) in [6.45, 7) is 4.66. The minimum atomic E-state index is -0.181. The second-order valence-electron chi connectivity index (χ2n) is 4.13. The fourth-order valence-electron chi connectivity index (χ4n) is 1.70. The van der Waals surface area contributed by atoms with Crippen LogP contribution in [-0.4, -0.2) is 4.98 Å². The van der Waals surface area contributed by atoms with Crippen LogP contribution in [0.4, 0.5) is 4.39 Å². The van der Waals surface area contributed by atoms with Crippen LogP contribution < -0.4 is 5.32 Å². The van der Waals surface area contributed by atoms with Gasteiger partial charge in [-0.25, -0.2) is 9.37 Å². The third kappa shape index (κ3) is 3.16. The van der Waals surface area contributed by atoms with E-state index >= 15 is 0 Å². The van der Waals surface area contributed by atoms with Crippen molar-refractivity contribution in [1.82, 2.24) is 10.3 Å². The molecule has 96 valence electrons. The molecule has 0 saturated heterocycles. The minimum Gasteiger partial charge on any atom is -0.305 e. The summed E-state index contributed by atoms with van der Waals surface area (Å²) in [6.07, 6.45) is 0. The van der Waals surface area contributed by atoms with Crippen molar-refractivity contribution >= 4 is 27.3 Å². The van der Waals surface area contributed by atoms with E-state index in [9.17, 15) is 4.39 Å². The van der Waals surface area contributed by atoms with Crippen molar-refractivity contribution < 1.29 is 4.39 Å². The lowest BCUT2D eigenvalue weighted by Gasteiger charge is -2.15. The monoisotopic (exact) mass is 328 g/mol. The molecular formula is C13H14BrFN2S. The van der Waals surface area contributed by atoms with Gasteiger partial charge in [-0.15, -0.1) is 11.3 Å². The first-order valence-corrected chi connectivity index (χ1v) is 7.32. The second-order valence-corrected chi connectivity index (χ2v) is 5.98. The molecule has 0 saturated carbocycles. The molecule has 0 amide bonds. The molecular weight excluding hydrogens is 315 g/mol. The smallest absolute Gasteiger partial charge is 0.128 e. The highest BCUT2D eigenvalue weighted by Gasteiger charge is 2.12. The largest absolute Gasteiger partial charge is 0.305 e. The number of halogens is 2. The van der Waals surface area contributed by atoms with Gasteiger partial charge in [-0.05, 0) is 32.0 Å². The summed E-state index contributed by atoms with van der Waals surface area (Å²) in [5.74, 6) is -0.181. The molecule has 1 aromatic carbocycles. The van der Waals surface area contributed by atoms with Gasteiger partial charge in [0.1, 0.15) is 5.82 Å². The second kappa shape index (κ2) is 5.91. The third-order valence-electron chi connectivity index (χ3n) is 2.84. The Labute approximate surface area is 118 Å². The van der Waals surface area contributed by atoms with Crippen LogP contribution in [0.1, 0.15) is 29.1 Å². The number of hydrogen-bond acceptors (Lipinski definition) is 3. The van der Waals surface area contributed by atoms with Crippen molar-refractivity contribution in [3.8, 4) is 0 Å². The summed E-state index contributed by atoms with van der Waals surface area (Å²) in [4.78, 5) is 5.39. The topological polar surface area (TPSA) is 24.9 Å². The predicted octanol–water partition coefficient (Wildman–Crippen LogP) is 4.20. The zero-order chi connectivity index (χ0) is 13.1. The molecule has 1 heterocycles. The Morgan fingerprint density at radius 3 is 2.94 bits per heavy atom. The van der Waals surface area contributed by atoms with Gasteiger partial charge in [-0.2, -0.15) is 0 Å². The molecule has 0 radical (unpaired) electrons. The Bertz CT molecular complexity index is 542. The van der Waals surface area contributed by atoms with E-state index in [1.165, 1.54) is 10.9 Å². The van der Waals surface area contributed by atoms with Crippen molar-refractivity contribution in [2.75, 3.05) is 0 Å². The Kier molecular flexibility index (Phi) is 4.48. The van der Waals surface area contributed by atoms with Gasteiger partial charge in [-0.1, -0.05) is 15.9 Å². The number of aromatic nitrogens is 1. The van der Waals surface area contributed by atoms with Crippen LogP contribution >= 0.6 is 27.3 Å². The highest BCUT2D eigenvalue weighted by molar-refractivity contribution is 9.10. The molecule has 2 aromatic rings. The number of thiazole rings is 1. The lowest BCUT2D eigenvalue weighted by molar-refractivity contribution is 0.529. The van der Waals surface area contributed by atoms with Crippen LogP contribution in [0.2, 0.25) is 0 Å². The van der Waals surface area contributed by atoms with Gasteiger partial charge in [0.2, 0.25) is 0 Å². The molecule has 0 aliphatic rings. The Morgan fingerprint density at radius 2 is 2.28 bits per heavy atom. The SMILES string of the molecule is Cc1ncsc1CNC(C)c1cc(Br)ccc1F. The van der Waals surface area contributed by atoms with Gasteiger partial charge in [-0.3, -0.25) is 0 Å². The molecule has 1 unspecified atom stereocenters. The third-order valence-corrected chi connectivity index (χ3v) is 4.27. The number of aryl methyl sites for hydroxylation is 1. The summed E-state index contributed by atoms with van der Waals surface area (Å²) in [5.41, 5.74) is 3.54. The van der Waals surface area contributed by atoms with E-state index in [1.807, 2.05) is 25.4 Å². The van der Waals surface area contributed by atoms with E-state index in [-0.39, 0.29) is 11.9 Å². The number of nitrogens with one attached hydrogen (secondary N) is 1. The maximum atomic E-state index is 13.7. The van der Waals surface area contributed by atoms with Crippen LogP contribution in [0.5, 0.6) is 0 Å². The zero-order valence-corrected chi connectivity index (χ0v) is 12.6. The Hall–Kier alpha value is -0.780. The van der Waals surface area contributed by atoms with Gasteiger partial charge < -0.3 is 5.32 Å². The minimum absolute atomic E-state index is 0.0380. The average Bonchev–Trinajstić information content (AvgIpc) is 2.75. The zero-order valence-electron chi connectivity index (χ0n) is 10.2. The molecule has 2 rings (SSSR count). The quantitative estimate of drug-likeness (QED) is 0.909. The van der Waals surface area contributed by atoms with Crippen molar-refractivity contribution in [3.63, 3.8) is 0 Å². The Balaban J connectivity index is 2.06. The van der Waals surface area contributed by atoms with E-state index in [0.29, 0.717) is 12.1 Å². The summed E-state index contributed by atoms with van der Waals surface area (Å²) < 4.78 is 14.6. The maximum Gasteiger partial charge on any atom is 0.128 e. The van der Waals surface area contributed by atoms with Crippen molar-refractivity contribution in [2.45, 2.75) is 26.4 Å². The summed E-state index contributed by atoms with van der Waals surface area (Å²) in [6, 6.07) is 4.96. The lowest BCUT2D eigenvalue weighted by Crippen LogP contribution is -2.19. The van der Waals surface area contributed by atoms with Crippen molar-refractivity contribution in [1.29, 1.82) is 0 Å². The first-order valence-electron chi connectivity index (χ1n) is 5.65. The summed E-state index contributed by atoms with van der Waals surface area (Å²) in [7, 11) is 0. The summed E-state index contributed by atoms with van der Waals surface area (Å²) in [5, 5.41) is 3.32. The normalized spacial score (nSPS) is 12.7. The highest BCUT2D eigenvalue weighted by Crippen LogP contribution is 2.22. The number of rotatable bonds is 4. The van der Waals surface area contributed by atoms with Crippen molar-refractivity contribution in [2.24, 2.45) is 0 Å². The van der Waals surface area contributed by atoms with Crippen LogP contribution in [-0.2, 0) is 6.54 Å². The maximum absolute atomic E-state index is 13.7. The van der Waals surface area contributed by atoms with Gasteiger partial charge in [0.15, 0.2) is 0 Å². The molecule has 0 aliphatic carbocycles. The number of nitrogens with zero attached hydrogens (tertiary/aromatic N) is 1.